The minimum absolute atomic E-state index is 0.0791. The van der Waals surface area contributed by atoms with Crippen LogP contribution in [0.3, 0.4) is 0 Å². The van der Waals surface area contributed by atoms with E-state index >= 15 is 0 Å². The fourth-order valence-corrected chi connectivity index (χ4v) is 2.94. The molecule has 0 fully saturated rings. The van der Waals surface area contributed by atoms with Crippen LogP contribution in [0.25, 0.3) is 0 Å². The van der Waals surface area contributed by atoms with E-state index in [-0.39, 0.29) is 11.1 Å². The van der Waals surface area contributed by atoms with E-state index < -0.39 is 41.2 Å². The highest BCUT2D eigenvalue weighted by Gasteiger charge is 2.38. The molecule has 1 atom stereocenters. The lowest BCUT2D eigenvalue weighted by molar-refractivity contribution is -0.789. The van der Waals surface area contributed by atoms with Gasteiger partial charge in [-0.25, -0.2) is 0 Å². The molecule has 0 radical (unpaired) electrons. The molecule has 1 aliphatic rings. The first-order chi connectivity index (χ1) is 14.3. The fourth-order valence-electron chi connectivity index (χ4n) is 2.94. The predicted octanol–water partition coefficient (Wildman–Crippen LogP) is 0.788. The van der Waals surface area contributed by atoms with E-state index in [4.69, 9.17) is 4.74 Å². The Morgan fingerprint density at radius 3 is 2.33 bits per heavy atom. The van der Waals surface area contributed by atoms with Crippen molar-refractivity contribution in [2.75, 3.05) is 39.4 Å². The molecule has 0 saturated heterocycles. The highest BCUT2D eigenvalue weighted by Crippen LogP contribution is 2.27. The summed E-state index contributed by atoms with van der Waals surface area (Å²) >= 11 is 0. The molecule has 13 heteroatoms. The van der Waals surface area contributed by atoms with Gasteiger partial charge in [-0.3, -0.25) is 14.5 Å². The van der Waals surface area contributed by atoms with Crippen LogP contribution >= 0.6 is 0 Å². The van der Waals surface area contributed by atoms with Crippen molar-refractivity contribution in [3.63, 3.8) is 0 Å². The summed E-state index contributed by atoms with van der Waals surface area (Å²) in [6, 6.07) is 4.41. The van der Waals surface area contributed by atoms with Crippen molar-refractivity contribution >= 4 is 11.8 Å². The van der Waals surface area contributed by atoms with Gasteiger partial charge in [0.05, 0.1) is 17.7 Å². The SMILES string of the molecule is CCN(CC)CCOc1ccc2c(c1)C(=O)N(CC(CO[N+](=O)[O-])O[N+](=O)[O-])C2=O. The molecule has 2 rings (SSSR count). The van der Waals surface area contributed by atoms with E-state index in [0.717, 1.165) is 18.0 Å². The van der Waals surface area contributed by atoms with Crippen molar-refractivity contribution in [1.29, 1.82) is 0 Å². The second-order valence-corrected chi connectivity index (χ2v) is 6.27. The Labute approximate surface area is 171 Å². The molecule has 1 heterocycles. The Balaban J connectivity index is 2.07. The monoisotopic (exact) mass is 426 g/mol. The van der Waals surface area contributed by atoms with E-state index in [9.17, 15) is 29.8 Å². The van der Waals surface area contributed by atoms with Crippen molar-refractivity contribution in [3.05, 3.63) is 49.6 Å². The van der Waals surface area contributed by atoms with Crippen LogP contribution in [-0.2, 0) is 9.68 Å². The van der Waals surface area contributed by atoms with E-state index in [2.05, 4.69) is 14.6 Å². The summed E-state index contributed by atoms with van der Waals surface area (Å²) in [6.45, 7) is 5.50. The molecule has 1 aromatic rings. The van der Waals surface area contributed by atoms with Gasteiger partial charge < -0.3 is 19.3 Å². The number of fused-ring (bicyclic) bond motifs is 1. The van der Waals surface area contributed by atoms with Crippen molar-refractivity contribution in [2.24, 2.45) is 0 Å². The lowest BCUT2D eigenvalue weighted by Crippen LogP contribution is -2.41. The van der Waals surface area contributed by atoms with Crippen LogP contribution in [0.15, 0.2) is 18.2 Å². The molecule has 1 aliphatic heterocycles. The first kappa shape index (κ1) is 22.8. The number of amides is 2. The number of hydrogen-bond acceptors (Lipinski definition) is 10. The third-order valence-corrected chi connectivity index (χ3v) is 4.50. The minimum Gasteiger partial charge on any atom is -0.492 e. The van der Waals surface area contributed by atoms with Crippen molar-refractivity contribution in [1.82, 2.24) is 9.80 Å². The maximum absolute atomic E-state index is 12.6. The molecule has 30 heavy (non-hydrogen) atoms. The average Bonchev–Trinajstić information content (AvgIpc) is 2.93. The van der Waals surface area contributed by atoms with Crippen LogP contribution in [0.5, 0.6) is 5.75 Å². The number of imide groups is 1. The third-order valence-electron chi connectivity index (χ3n) is 4.50. The van der Waals surface area contributed by atoms with Crippen molar-refractivity contribution in [2.45, 2.75) is 20.0 Å². The van der Waals surface area contributed by atoms with E-state index in [1.54, 1.807) is 6.07 Å². The van der Waals surface area contributed by atoms with Gasteiger partial charge in [0.1, 0.15) is 25.1 Å². The highest BCUT2D eigenvalue weighted by atomic mass is 17.0. The molecule has 0 bridgehead atoms. The molecule has 13 nitrogen and oxygen atoms in total. The normalized spacial score (nSPS) is 13.9. The number of hydrogen-bond donors (Lipinski definition) is 0. The van der Waals surface area contributed by atoms with Crippen molar-refractivity contribution < 1.29 is 34.2 Å². The number of nitrogens with zero attached hydrogens (tertiary/aromatic N) is 4. The third kappa shape index (κ3) is 5.76. The second kappa shape index (κ2) is 10.3. The topological polar surface area (TPSA) is 155 Å². The smallest absolute Gasteiger partial charge is 0.294 e. The summed E-state index contributed by atoms with van der Waals surface area (Å²) < 4.78 is 5.65. The highest BCUT2D eigenvalue weighted by molar-refractivity contribution is 6.21. The maximum atomic E-state index is 12.6. The van der Waals surface area contributed by atoms with E-state index in [1.807, 2.05) is 13.8 Å². The Morgan fingerprint density at radius 2 is 1.73 bits per heavy atom. The van der Waals surface area contributed by atoms with Gasteiger partial charge in [0.15, 0.2) is 0 Å². The molecule has 0 aromatic heterocycles. The van der Waals surface area contributed by atoms with Gasteiger partial charge in [-0.1, -0.05) is 13.8 Å². The Bertz CT molecular complexity index is 812. The summed E-state index contributed by atoms with van der Waals surface area (Å²) in [5.74, 6) is -0.997. The van der Waals surface area contributed by atoms with Gasteiger partial charge in [0, 0.05) is 6.54 Å². The standard InChI is InChI=1S/C17H22N4O9/c1-3-18(4-2)7-8-28-12-5-6-14-15(9-12)17(23)19(16(14)22)10-13(30-21(26)27)11-29-20(24)25/h5-6,9,13H,3-4,7-8,10-11H2,1-2H3. The first-order valence-electron chi connectivity index (χ1n) is 9.20. The van der Waals surface area contributed by atoms with Crippen LogP contribution in [0.1, 0.15) is 34.6 Å². The fraction of sp³-hybridized carbons (Fsp3) is 0.529. The van der Waals surface area contributed by atoms with Gasteiger partial charge in [-0.15, -0.1) is 20.2 Å². The molecule has 0 saturated carbocycles. The number of carbonyl (C=O) groups is 2. The molecule has 2 amide bonds. The number of carbonyl (C=O) groups excluding carboxylic acids is 2. The molecule has 164 valence electrons. The average molecular weight is 426 g/mol. The zero-order valence-corrected chi connectivity index (χ0v) is 16.5. The molecule has 0 spiro atoms. The van der Waals surface area contributed by atoms with Crippen LogP contribution in [0.2, 0.25) is 0 Å². The number of likely N-dealkylation sites (N-methyl/N-ethyl adjacent to an activating group) is 1. The summed E-state index contributed by atoms with van der Waals surface area (Å²) in [6.07, 6.45) is -1.52. The van der Waals surface area contributed by atoms with Gasteiger partial charge in [0.2, 0.25) is 0 Å². The molecular formula is C17H22N4O9. The van der Waals surface area contributed by atoms with Crippen LogP contribution in [-0.4, -0.2) is 77.3 Å². The summed E-state index contributed by atoms with van der Waals surface area (Å²) in [7, 11) is 0. The summed E-state index contributed by atoms with van der Waals surface area (Å²) in [5, 5.41) is 18.6. The van der Waals surface area contributed by atoms with Gasteiger partial charge in [-0.2, -0.15) is 0 Å². The molecule has 1 aromatic carbocycles. The largest absolute Gasteiger partial charge is 0.492 e. The van der Waals surface area contributed by atoms with Crippen LogP contribution in [0, 0.1) is 20.2 Å². The zero-order valence-electron chi connectivity index (χ0n) is 16.5. The lowest BCUT2D eigenvalue weighted by atomic mass is 10.1. The van der Waals surface area contributed by atoms with Gasteiger partial charge >= 0.3 is 0 Å². The van der Waals surface area contributed by atoms with Crippen molar-refractivity contribution in [3.8, 4) is 5.75 Å². The minimum atomic E-state index is -1.52. The maximum Gasteiger partial charge on any atom is 0.294 e. The molecular weight excluding hydrogens is 404 g/mol. The number of benzene rings is 1. The Hall–Kier alpha value is -3.48. The van der Waals surface area contributed by atoms with Crippen LogP contribution in [0.4, 0.5) is 0 Å². The quantitative estimate of drug-likeness (QED) is 0.251. The molecule has 0 N–H and O–H groups in total. The molecule has 1 unspecified atom stereocenters. The second-order valence-electron chi connectivity index (χ2n) is 6.27. The Morgan fingerprint density at radius 1 is 1.07 bits per heavy atom. The predicted molar refractivity (Wildman–Crippen MR) is 99.9 cm³/mol. The van der Waals surface area contributed by atoms with Gasteiger partial charge in [0.25, 0.3) is 22.0 Å². The van der Waals surface area contributed by atoms with E-state index in [0.29, 0.717) is 18.9 Å². The number of rotatable bonds is 13. The number of ether oxygens (including phenoxy) is 1. The first-order valence-corrected chi connectivity index (χ1v) is 9.20. The Kier molecular flexibility index (Phi) is 7.86. The van der Waals surface area contributed by atoms with E-state index in [1.165, 1.54) is 12.1 Å². The lowest BCUT2D eigenvalue weighted by Gasteiger charge is -2.20. The summed E-state index contributed by atoms with van der Waals surface area (Å²) in [4.78, 5) is 57.3. The van der Waals surface area contributed by atoms with Gasteiger partial charge in [-0.05, 0) is 31.3 Å². The molecule has 0 aliphatic carbocycles. The summed E-state index contributed by atoms with van der Waals surface area (Å²) in [5.41, 5.74) is 0.182. The zero-order chi connectivity index (χ0) is 22.3. The van der Waals surface area contributed by atoms with Crippen LogP contribution < -0.4 is 4.74 Å².